The summed E-state index contributed by atoms with van der Waals surface area (Å²) < 4.78 is 0. The minimum atomic E-state index is 0.0427. The van der Waals surface area contributed by atoms with Crippen molar-refractivity contribution in [2.24, 2.45) is 0 Å². The lowest BCUT2D eigenvalue weighted by atomic mass is 9.83. The minimum absolute atomic E-state index is 0.0427. The molecular formula is C16H24N2O. The number of nitrogens with one attached hydrogen (secondary N) is 2. The van der Waals surface area contributed by atoms with E-state index in [4.69, 9.17) is 0 Å². The predicted octanol–water partition coefficient (Wildman–Crippen LogP) is 3.25. The van der Waals surface area contributed by atoms with E-state index in [1.807, 2.05) is 31.2 Å². The quantitative estimate of drug-likeness (QED) is 0.872. The maximum absolute atomic E-state index is 12.0. The fraction of sp³-hybridized carbons (Fsp3) is 0.562. The number of aryl methyl sites for hydroxylation is 1. The molecule has 104 valence electrons. The molecule has 0 saturated heterocycles. The molecule has 1 aromatic carbocycles. The number of amides is 1. The van der Waals surface area contributed by atoms with Crippen LogP contribution in [-0.2, 0) is 4.79 Å². The van der Waals surface area contributed by atoms with Crippen molar-refractivity contribution < 1.29 is 4.79 Å². The van der Waals surface area contributed by atoms with Crippen LogP contribution in [0.4, 0.5) is 5.69 Å². The number of hydrogen-bond donors (Lipinski definition) is 2. The van der Waals surface area contributed by atoms with Crippen molar-refractivity contribution in [1.29, 1.82) is 0 Å². The van der Waals surface area contributed by atoms with Crippen molar-refractivity contribution in [3.8, 4) is 0 Å². The van der Waals surface area contributed by atoms with Crippen molar-refractivity contribution in [3.05, 3.63) is 29.8 Å². The first-order valence-corrected chi connectivity index (χ1v) is 7.20. The first kappa shape index (κ1) is 14.1. The van der Waals surface area contributed by atoms with Crippen LogP contribution in [0.25, 0.3) is 0 Å². The number of hydrogen-bond acceptors (Lipinski definition) is 2. The molecule has 19 heavy (non-hydrogen) atoms. The summed E-state index contributed by atoms with van der Waals surface area (Å²) in [6, 6.07) is 7.87. The van der Waals surface area contributed by atoms with E-state index in [0.717, 1.165) is 11.3 Å². The summed E-state index contributed by atoms with van der Waals surface area (Å²) in [5.74, 6) is 0.0427. The molecule has 0 atom stereocenters. The molecule has 1 aromatic rings. The van der Waals surface area contributed by atoms with Crippen molar-refractivity contribution in [2.45, 2.75) is 51.5 Å². The molecule has 1 fully saturated rings. The number of anilines is 1. The lowest BCUT2D eigenvalue weighted by molar-refractivity contribution is -0.115. The average molecular weight is 260 g/mol. The molecule has 3 nitrogen and oxygen atoms in total. The van der Waals surface area contributed by atoms with Gasteiger partial charge in [-0.1, -0.05) is 37.5 Å². The molecule has 0 aliphatic heterocycles. The summed E-state index contributed by atoms with van der Waals surface area (Å²) in [5, 5.41) is 6.39. The highest BCUT2D eigenvalue weighted by Crippen LogP contribution is 2.27. The monoisotopic (exact) mass is 260 g/mol. The molecule has 2 N–H and O–H groups in total. The Morgan fingerprint density at radius 2 is 1.89 bits per heavy atom. The van der Waals surface area contributed by atoms with Crippen LogP contribution < -0.4 is 10.6 Å². The maximum Gasteiger partial charge on any atom is 0.238 e. The molecule has 0 spiro atoms. The van der Waals surface area contributed by atoms with Gasteiger partial charge in [0.2, 0.25) is 5.91 Å². The molecule has 1 amide bonds. The number of rotatable bonds is 4. The van der Waals surface area contributed by atoms with Gasteiger partial charge in [0.1, 0.15) is 0 Å². The zero-order valence-corrected chi connectivity index (χ0v) is 12.0. The summed E-state index contributed by atoms with van der Waals surface area (Å²) in [5.41, 5.74) is 2.14. The Morgan fingerprint density at radius 3 is 2.58 bits per heavy atom. The SMILES string of the molecule is Cc1ccccc1NC(=O)CNC1(C)CCCCC1. The zero-order valence-electron chi connectivity index (χ0n) is 12.0. The van der Waals surface area contributed by atoms with Crippen LogP contribution in [0.1, 0.15) is 44.6 Å². The van der Waals surface area contributed by atoms with Gasteiger partial charge in [-0.25, -0.2) is 0 Å². The smallest absolute Gasteiger partial charge is 0.238 e. The van der Waals surface area contributed by atoms with Gasteiger partial charge >= 0.3 is 0 Å². The molecule has 0 aromatic heterocycles. The Labute approximate surface area is 115 Å². The molecule has 1 saturated carbocycles. The predicted molar refractivity (Wildman–Crippen MR) is 79.3 cm³/mol. The minimum Gasteiger partial charge on any atom is -0.325 e. The molecule has 1 aliphatic rings. The van der Waals surface area contributed by atoms with Crippen molar-refractivity contribution in [1.82, 2.24) is 5.32 Å². The van der Waals surface area contributed by atoms with Gasteiger partial charge in [-0.2, -0.15) is 0 Å². The fourth-order valence-electron chi connectivity index (χ4n) is 2.71. The maximum atomic E-state index is 12.0. The second-order valence-electron chi connectivity index (χ2n) is 5.84. The summed E-state index contributed by atoms with van der Waals surface area (Å²) in [6.45, 7) is 4.63. The number of para-hydroxylation sites is 1. The van der Waals surface area contributed by atoms with Crippen LogP contribution in [0.15, 0.2) is 24.3 Å². The van der Waals surface area contributed by atoms with Crippen molar-refractivity contribution in [3.63, 3.8) is 0 Å². The standard InChI is InChI=1S/C16H24N2O/c1-13-8-4-5-9-14(13)18-15(19)12-17-16(2)10-6-3-7-11-16/h4-5,8-9,17H,3,6-7,10-12H2,1-2H3,(H,18,19). The molecule has 0 heterocycles. The molecule has 0 unspecified atom stereocenters. The second-order valence-corrected chi connectivity index (χ2v) is 5.84. The number of carbonyl (C=O) groups is 1. The number of benzene rings is 1. The van der Waals surface area contributed by atoms with Gasteiger partial charge in [-0.05, 0) is 38.3 Å². The first-order chi connectivity index (χ1) is 9.09. The fourth-order valence-corrected chi connectivity index (χ4v) is 2.71. The molecule has 1 aliphatic carbocycles. The van der Waals surface area contributed by atoms with Gasteiger partial charge in [-0.15, -0.1) is 0 Å². The van der Waals surface area contributed by atoms with E-state index >= 15 is 0 Å². The van der Waals surface area contributed by atoms with E-state index in [-0.39, 0.29) is 11.4 Å². The van der Waals surface area contributed by atoms with E-state index in [0.29, 0.717) is 6.54 Å². The zero-order chi connectivity index (χ0) is 13.7. The van der Waals surface area contributed by atoms with Crippen molar-refractivity contribution >= 4 is 11.6 Å². The molecule has 0 radical (unpaired) electrons. The van der Waals surface area contributed by atoms with Gasteiger partial charge in [0.25, 0.3) is 0 Å². The third-order valence-electron chi connectivity index (χ3n) is 4.05. The van der Waals surface area contributed by atoms with Gasteiger partial charge in [-0.3, -0.25) is 4.79 Å². The van der Waals surface area contributed by atoms with E-state index in [2.05, 4.69) is 17.6 Å². The second kappa shape index (κ2) is 6.20. The molecule has 2 rings (SSSR count). The van der Waals surface area contributed by atoms with Crippen LogP contribution in [0.2, 0.25) is 0 Å². The van der Waals surface area contributed by atoms with Gasteiger partial charge in [0, 0.05) is 11.2 Å². The van der Waals surface area contributed by atoms with E-state index in [9.17, 15) is 4.79 Å². The third kappa shape index (κ3) is 4.06. The highest BCUT2D eigenvalue weighted by Gasteiger charge is 2.26. The van der Waals surface area contributed by atoms with Crippen LogP contribution in [0.3, 0.4) is 0 Å². The largest absolute Gasteiger partial charge is 0.325 e. The lowest BCUT2D eigenvalue weighted by Crippen LogP contribution is -2.47. The Balaban J connectivity index is 1.83. The molecule has 0 bridgehead atoms. The van der Waals surface area contributed by atoms with E-state index in [1.54, 1.807) is 0 Å². The van der Waals surface area contributed by atoms with Gasteiger partial charge in [0.15, 0.2) is 0 Å². The number of carbonyl (C=O) groups excluding carboxylic acids is 1. The summed E-state index contributed by atoms with van der Waals surface area (Å²) in [4.78, 5) is 12.0. The van der Waals surface area contributed by atoms with Crippen LogP contribution in [-0.4, -0.2) is 18.0 Å². The Hall–Kier alpha value is -1.35. The topological polar surface area (TPSA) is 41.1 Å². The van der Waals surface area contributed by atoms with E-state index in [1.165, 1.54) is 32.1 Å². The Kier molecular flexibility index (Phi) is 4.59. The summed E-state index contributed by atoms with van der Waals surface area (Å²) in [6.07, 6.45) is 6.20. The summed E-state index contributed by atoms with van der Waals surface area (Å²) >= 11 is 0. The van der Waals surface area contributed by atoms with Gasteiger partial charge < -0.3 is 10.6 Å². The Bertz CT molecular complexity index is 436. The average Bonchev–Trinajstić information content (AvgIpc) is 2.40. The highest BCUT2D eigenvalue weighted by molar-refractivity contribution is 5.92. The molecule has 3 heteroatoms. The van der Waals surface area contributed by atoms with Crippen LogP contribution in [0.5, 0.6) is 0 Å². The third-order valence-corrected chi connectivity index (χ3v) is 4.05. The summed E-state index contributed by atoms with van der Waals surface area (Å²) in [7, 11) is 0. The lowest BCUT2D eigenvalue weighted by Gasteiger charge is -2.34. The van der Waals surface area contributed by atoms with Crippen LogP contribution in [0, 0.1) is 6.92 Å². The Morgan fingerprint density at radius 1 is 1.21 bits per heavy atom. The van der Waals surface area contributed by atoms with Crippen LogP contribution >= 0.6 is 0 Å². The van der Waals surface area contributed by atoms with Crippen molar-refractivity contribution in [2.75, 3.05) is 11.9 Å². The highest BCUT2D eigenvalue weighted by atomic mass is 16.1. The normalized spacial score (nSPS) is 18.0. The van der Waals surface area contributed by atoms with Gasteiger partial charge in [0.05, 0.1) is 6.54 Å². The first-order valence-electron chi connectivity index (χ1n) is 7.20. The molecular weight excluding hydrogens is 236 g/mol. The van der Waals surface area contributed by atoms with E-state index < -0.39 is 0 Å².